The van der Waals surface area contributed by atoms with Crippen LogP contribution in [0.5, 0.6) is 0 Å². The van der Waals surface area contributed by atoms with Gasteiger partial charge in [-0.15, -0.1) is 0 Å². The normalized spacial score (nSPS) is 20.6. The standard InChI is InChI=1S/C17H20N2O4/c20-15(8-3-11-1-4-12(5-2-11)17(22)23)18-13-9-16(21)19(10-13)14-6-7-14/h1-2,4-5,13-14H,3,6-10H2,(H,18,20)(H,22,23)/t13-/m0/s1. The highest BCUT2D eigenvalue weighted by Crippen LogP contribution is 2.30. The van der Waals surface area contributed by atoms with E-state index in [4.69, 9.17) is 5.11 Å². The first-order chi connectivity index (χ1) is 11.0. The van der Waals surface area contributed by atoms with Crippen molar-refractivity contribution in [2.45, 2.75) is 44.2 Å². The van der Waals surface area contributed by atoms with Gasteiger partial charge >= 0.3 is 5.97 Å². The minimum Gasteiger partial charge on any atom is -0.478 e. The van der Waals surface area contributed by atoms with Crippen LogP contribution in [0.3, 0.4) is 0 Å². The number of carboxylic acid groups (broad SMARTS) is 1. The quantitative estimate of drug-likeness (QED) is 0.825. The minimum atomic E-state index is -0.958. The van der Waals surface area contributed by atoms with Crippen LogP contribution >= 0.6 is 0 Å². The maximum absolute atomic E-state index is 12.0. The number of likely N-dealkylation sites (tertiary alicyclic amines) is 1. The fourth-order valence-electron chi connectivity index (χ4n) is 2.94. The maximum Gasteiger partial charge on any atom is 0.335 e. The molecule has 6 heteroatoms. The fraction of sp³-hybridized carbons (Fsp3) is 0.471. The van der Waals surface area contributed by atoms with Gasteiger partial charge in [0.05, 0.1) is 11.6 Å². The van der Waals surface area contributed by atoms with Crippen LogP contribution in [-0.2, 0) is 16.0 Å². The summed E-state index contributed by atoms with van der Waals surface area (Å²) in [6, 6.07) is 6.86. The zero-order chi connectivity index (χ0) is 16.4. The zero-order valence-electron chi connectivity index (χ0n) is 12.8. The molecule has 2 N–H and O–H groups in total. The number of amides is 2. The van der Waals surface area contributed by atoms with Gasteiger partial charge in [-0.1, -0.05) is 12.1 Å². The van der Waals surface area contributed by atoms with Gasteiger partial charge in [-0.05, 0) is 37.0 Å². The molecule has 2 amide bonds. The molecule has 0 radical (unpaired) electrons. The van der Waals surface area contributed by atoms with E-state index in [1.807, 2.05) is 4.90 Å². The molecule has 2 fully saturated rings. The molecule has 0 unspecified atom stereocenters. The molecular weight excluding hydrogens is 296 g/mol. The third-order valence-electron chi connectivity index (χ3n) is 4.35. The van der Waals surface area contributed by atoms with E-state index in [9.17, 15) is 14.4 Å². The number of carbonyl (C=O) groups excluding carboxylic acids is 2. The second-order valence-electron chi connectivity index (χ2n) is 6.25. The van der Waals surface area contributed by atoms with Crippen LogP contribution < -0.4 is 5.32 Å². The van der Waals surface area contributed by atoms with Crippen molar-refractivity contribution >= 4 is 17.8 Å². The summed E-state index contributed by atoms with van der Waals surface area (Å²) in [5.41, 5.74) is 1.16. The van der Waals surface area contributed by atoms with Gasteiger partial charge in [0.15, 0.2) is 0 Å². The van der Waals surface area contributed by atoms with Crippen molar-refractivity contribution in [1.29, 1.82) is 0 Å². The van der Waals surface area contributed by atoms with Crippen molar-refractivity contribution in [3.63, 3.8) is 0 Å². The first kappa shape index (κ1) is 15.5. The number of hydrogen-bond acceptors (Lipinski definition) is 3. The van der Waals surface area contributed by atoms with Gasteiger partial charge in [-0.3, -0.25) is 9.59 Å². The van der Waals surface area contributed by atoms with Gasteiger partial charge in [0.25, 0.3) is 0 Å². The average molecular weight is 316 g/mol. The lowest BCUT2D eigenvalue weighted by Gasteiger charge is -2.16. The van der Waals surface area contributed by atoms with Crippen molar-refractivity contribution in [2.75, 3.05) is 6.54 Å². The average Bonchev–Trinajstić information content (AvgIpc) is 3.30. The molecule has 1 saturated carbocycles. The summed E-state index contributed by atoms with van der Waals surface area (Å²) in [5, 5.41) is 11.8. The van der Waals surface area contributed by atoms with E-state index >= 15 is 0 Å². The van der Waals surface area contributed by atoms with Gasteiger partial charge in [-0.2, -0.15) is 0 Å². The molecule has 2 aliphatic rings. The lowest BCUT2D eigenvalue weighted by atomic mass is 10.1. The molecule has 23 heavy (non-hydrogen) atoms. The van der Waals surface area contributed by atoms with E-state index in [1.54, 1.807) is 24.3 Å². The number of hydrogen-bond donors (Lipinski definition) is 2. The number of rotatable bonds is 6. The molecule has 6 nitrogen and oxygen atoms in total. The van der Waals surface area contributed by atoms with Crippen LogP contribution in [0.25, 0.3) is 0 Å². The van der Waals surface area contributed by atoms with E-state index in [0.717, 1.165) is 18.4 Å². The van der Waals surface area contributed by atoms with Gasteiger partial charge in [0.1, 0.15) is 0 Å². The van der Waals surface area contributed by atoms with E-state index in [0.29, 0.717) is 31.8 Å². The van der Waals surface area contributed by atoms with Crippen molar-refractivity contribution in [3.8, 4) is 0 Å². The molecule has 0 aromatic heterocycles. The first-order valence-electron chi connectivity index (χ1n) is 7.94. The Balaban J connectivity index is 1.44. The number of nitrogens with zero attached hydrogens (tertiary/aromatic N) is 1. The Morgan fingerprint density at radius 3 is 2.52 bits per heavy atom. The van der Waals surface area contributed by atoms with Crippen molar-refractivity contribution in [2.24, 2.45) is 0 Å². The van der Waals surface area contributed by atoms with E-state index in [-0.39, 0.29) is 23.4 Å². The summed E-state index contributed by atoms with van der Waals surface area (Å²) in [6.45, 7) is 0.628. The molecule has 122 valence electrons. The zero-order valence-corrected chi connectivity index (χ0v) is 12.8. The van der Waals surface area contributed by atoms with Crippen molar-refractivity contribution in [3.05, 3.63) is 35.4 Å². The fourth-order valence-corrected chi connectivity index (χ4v) is 2.94. The van der Waals surface area contributed by atoms with E-state index in [1.165, 1.54) is 0 Å². The Kier molecular flexibility index (Phi) is 4.32. The Morgan fingerprint density at radius 2 is 1.91 bits per heavy atom. The number of nitrogens with one attached hydrogen (secondary N) is 1. The van der Waals surface area contributed by atoms with Crippen LogP contribution in [-0.4, -0.2) is 46.4 Å². The largest absolute Gasteiger partial charge is 0.478 e. The molecule has 1 aromatic rings. The summed E-state index contributed by atoms with van der Waals surface area (Å²) in [4.78, 5) is 36.5. The van der Waals surface area contributed by atoms with Gasteiger partial charge in [0.2, 0.25) is 11.8 Å². The first-order valence-corrected chi connectivity index (χ1v) is 7.94. The number of carboxylic acids is 1. The summed E-state index contributed by atoms with van der Waals surface area (Å²) < 4.78 is 0. The Bertz CT molecular complexity index is 622. The summed E-state index contributed by atoms with van der Waals surface area (Å²) in [7, 11) is 0. The predicted molar refractivity (Wildman–Crippen MR) is 83.0 cm³/mol. The van der Waals surface area contributed by atoms with Gasteiger partial charge in [-0.25, -0.2) is 4.79 Å². The topological polar surface area (TPSA) is 86.7 Å². The van der Waals surface area contributed by atoms with Crippen LogP contribution in [0, 0.1) is 0 Å². The van der Waals surface area contributed by atoms with Crippen LogP contribution in [0.15, 0.2) is 24.3 Å². The lowest BCUT2D eigenvalue weighted by Crippen LogP contribution is -2.37. The third-order valence-corrected chi connectivity index (χ3v) is 4.35. The van der Waals surface area contributed by atoms with Gasteiger partial charge < -0.3 is 15.3 Å². The predicted octanol–water partition coefficient (Wildman–Crippen LogP) is 1.20. The van der Waals surface area contributed by atoms with Crippen LogP contribution in [0.4, 0.5) is 0 Å². The highest BCUT2D eigenvalue weighted by molar-refractivity contribution is 5.87. The number of benzene rings is 1. The second kappa shape index (κ2) is 6.40. The Hall–Kier alpha value is -2.37. The molecule has 1 aliphatic heterocycles. The highest BCUT2D eigenvalue weighted by Gasteiger charge is 2.39. The monoisotopic (exact) mass is 316 g/mol. The Morgan fingerprint density at radius 1 is 1.22 bits per heavy atom. The molecule has 0 bridgehead atoms. The van der Waals surface area contributed by atoms with Crippen molar-refractivity contribution in [1.82, 2.24) is 10.2 Å². The number of aryl methyl sites for hydroxylation is 1. The van der Waals surface area contributed by atoms with Crippen molar-refractivity contribution < 1.29 is 19.5 Å². The second-order valence-corrected chi connectivity index (χ2v) is 6.25. The molecule has 1 saturated heterocycles. The van der Waals surface area contributed by atoms with Gasteiger partial charge in [0, 0.05) is 25.4 Å². The summed E-state index contributed by atoms with van der Waals surface area (Å²) >= 11 is 0. The summed E-state index contributed by atoms with van der Waals surface area (Å²) in [5.74, 6) is -0.884. The highest BCUT2D eigenvalue weighted by atomic mass is 16.4. The molecule has 1 aliphatic carbocycles. The SMILES string of the molecule is O=C(CCc1ccc(C(=O)O)cc1)N[C@H]1CC(=O)N(C2CC2)C1. The van der Waals surface area contributed by atoms with E-state index < -0.39 is 5.97 Å². The third kappa shape index (κ3) is 3.88. The molecule has 1 aromatic carbocycles. The molecular formula is C17H20N2O4. The molecule has 3 rings (SSSR count). The van der Waals surface area contributed by atoms with Crippen LogP contribution in [0.2, 0.25) is 0 Å². The minimum absolute atomic E-state index is 0.0669. The lowest BCUT2D eigenvalue weighted by molar-refractivity contribution is -0.128. The molecule has 1 atom stereocenters. The van der Waals surface area contributed by atoms with E-state index in [2.05, 4.69) is 5.32 Å². The Labute approximate surface area is 134 Å². The molecule has 1 heterocycles. The van der Waals surface area contributed by atoms with Crippen LogP contribution in [0.1, 0.15) is 41.6 Å². The molecule has 0 spiro atoms. The summed E-state index contributed by atoms with van der Waals surface area (Å²) in [6.07, 6.45) is 3.45. The smallest absolute Gasteiger partial charge is 0.335 e. The number of aromatic carboxylic acids is 1. The maximum atomic E-state index is 12.0. The number of carbonyl (C=O) groups is 3.